The molecule has 1 aromatic rings. The van der Waals surface area contributed by atoms with E-state index in [4.69, 9.17) is 0 Å². The second kappa shape index (κ2) is 6.78. The lowest BCUT2D eigenvalue weighted by Gasteiger charge is -2.27. The highest BCUT2D eigenvalue weighted by atomic mass is 16.1. The summed E-state index contributed by atoms with van der Waals surface area (Å²) in [7, 11) is 0. The lowest BCUT2D eigenvalue weighted by molar-refractivity contribution is -0.119. The predicted molar refractivity (Wildman–Crippen MR) is 85.2 cm³/mol. The van der Waals surface area contributed by atoms with Crippen LogP contribution in [-0.4, -0.2) is 18.5 Å². The number of amides is 1. The Balaban J connectivity index is 1.99. The molecule has 0 atom stereocenters. The molecule has 1 amide bonds. The fourth-order valence-corrected chi connectivity index (χ4v) is 3.01. The number of nitrogens with one attached hydrogen (secondary N) is 1. The summed E-state index contributed by atoms with van der Waals surface area (Å²) in [5.74, 6) is 0.406. The summed E-state index contributed by atoms with van der Waals surface area (Å²) in [6.07, 6.45) is 4.47. The van der Waals surface area contributed by atoms with Gasteiger partial charge in [-0.1, -0.05) is 12.8 Å². The SMILES string of the molecule is CCN(c1ccc(NC(=O)C2CCCC2)cc1)C(C)C. The number of hydrogen-bond acceptors (Lipinski definition) is 2. The van der Waals surface area contributed by atoms with Gasteiger partial charge in [-0.2, -0.15) is 0 Å². The van der Waals surface area contributed by atoms with Gasteiger partial charge in [-0.05, 0) is 57.9 Å². The fraction of sp³-hybridized carbons (Fsp3) is 0.588. The maximum atomic E-state index is 12.1. The number of benzene rings is 1. The summed E-state index contributed by atoms with van der Waals surface area (Å²) in [6.45, 7) is 7.54. The molecule has 1 fully saturated rings. The fourth-order valence-electron chi connectivity index (χ4n) is 3.01. The van der Waals surface area contributed by atoms with Gasteiger partial charge in [0.15, 0.2) is 0 Å². The molecule has 0 spiro atoms. The van der Waals surface area contributed by atoms with Crippen LogP contribution in [0.25, 0.3) is 0 Å². The molecule has 20 heavy (non-hydrogen) atoms. The Morgan fingerprint density at radius 1 is 1.25 bits per heavy atom. The number of nitrogens with zero attached hydrogens (tertiary/aromatic N) is 1. The van der Waals surface area contributed by atoms with Crippen LogP contribution in [0.15, 0.2) is 24.3 Å². The molecule has 1 aromatic carbocycles. The van der Waals surface area contributed by atoms with Crippen molar-refractivity contribution in [2.75, 3.05) is 16.8 Å². The summed E-state index contributed by atoms with van der Waals surface area (Å²) in [4.78, 5) is 14.4. The van der Waals surface area contributed by atoms with E-state index in [1.54, 1.807) is 0 Å². The first-order chi connectivity index (χ1) is 9.61. The average Bonchev–Trinajstić information content (AvgIpc) is 2.95. The zero-order valence-corrected chi connectivity index (χ0v) is 12.9. The van der Waals surface area contributed by atoms with Gasteiger partial charge in [0.1, 0.15) is 0 Å². The molecule has 3 nitrogen and oxygen atoms in total. The summed E-state index contributed by atoms with van der Waals surface area (Å²) in [5.41, 5.74) is 2.12. The van der Waals surface area contributed by atoms with E-state index in [2.05, 4.69) is 43.1 Å². The van der Waals surface area contributed by atoms with Gasteiger partial charge in [0.2, 0.25) is 5.91 Å². The molecule has 2 rings (SSSR count). The standard InChI is InChI=1S/C17H26N2O/c1-4-19(13(2)3)16-11-9-15(10-12-16)18-17(20)14-7-5-6-8-14/h9-14H,4-8H2,1-3H3,(H,18,20). The minimum atomic E-state index is 0.187. The van der Waals surface area contributed by atoms with Gasteiger partial charge < -0.3 is 10.2 Å². The van der Waals surface area contributed by atoms with E-state index in [0.717, 1.165) is 25.1 Å². The van der Waals surface area contributed by atoms with Crippen molar-refractivity contribution in [2.45, 2.75) is 52.5 Å². The van der Waals surface area contributed by atoms with Gasteiger partial charge in [0.05, 0.1) is 0 Å². The molecule has 0 aliphatic heterocycles. The highest BCUT2D eigenvalue weighted by Gasteiger charge is 2.22. The van der Waals surface area contributed by atoms with E-state index in [0.29, 0.717) is 6.04 Å². The van der Waals surface area contributed by atoms with Crippen molar-refractivity contribution in [3.05, 3.63) is 24.3 Å². The van der Waals surface area contributed by atoms with Crippen LogP contribution < -0.4 is 10.2 Å². The first-order valence-corrected chi connectivity index (χ1v) is 7.79. The van der Waals surface area contributed by atoms with Crippen LogP contribution in [0.5, 0.6) is 0 Å². The second-order valence-corrected chi connectivity index (χ2v) is 5.90. The van der Waals surface area contributed by atoms with Crippen LogP contribution in [0.4, 0.5) is 11.4 Å². The Bertz CT molecular complexity index is 433. The highest BCUT2D eigenvalue weighted by Crippen LogP contribution is 2.26. The highest BCUT2D eigenvalue weighted by molar-refractivity contribution is 5.92. The van der Waals surface area contributed by atoms with E-state index in [1.807, 2.05) is 12.1 Å². The normalized spacial score (nSPS) is 15.6. The number of anilines is 2. The summed E-state index contributed by atoms with van der Waals surface area (Å²) in [5, 5.41) is 3.04. The molecule has 0 aromatic heterocycles. The van der Waals surface area contributed by atoms with Crippen LogP contribution >= 0.6 is 0 Å². The van der Waals surface area contributed by atoms with Gasteiger partial charge in [0, 0.05) is 29.9 Å². The third kappa shape index (κ3) is 3.53. The van der Waals surface area contributed by atoms with Crippen molar-refractivity contribution in [1.82, 2.24) is 0 Å². The van der Waals surface area contributed by atoms with Crippen molar-refractivity contribution < 1.29 is 4.79 Å². The Morgan fingerprint density at radius 2 is 1.85 bits per heavy atom. The van der Waals surface area contributed by atoms with Crippen LogP contribution in [0.3, 0.4) is 0 Å². The van der Waals surface area contributed by atoms with Crippen molar-refractivity contribution in [2.24, 2.45) is 5.92 Å². The first-order valence-electron chi connectivity index (χ1n) is 7.79. The summed E-state index contributed by atoms with van der Waals surface area (Å²) < 4.78 is 0. The van der Waals surface area contributed by atoms with Gasteiger partial charge in [0.25, 0.3) is 0 Å². The van der Waals surface area contributed by atoms with Crippen molar-refractivity contribution in [1.29, 1.82) is 0 Å². The molecule has 0 radical (unpaired) electrons. The van der Waals surface area contributed by atoms with E-state index in [-0.39, 0.29) is 11.8 Å². The topological polar surface area (TPSA) is 32.3 Å². The van der Waals surface area contributed by atoms with Gasteiger partial charge in [-0.25, -0.2) is 0 Å². The predicted octanol–water partition coefficient (Wildman–Crippen LogP) is 4.05. The molecule has 0 heterocycles. The number of hydrogen-bond donors (Lipinski definition) is 1. The molecular formula is C17H26N2O. The monoisotopic (exact) mass is 274 g/mol. The number of rotatable bonds is 5. The van der Waals surface area contributed by atoms with Crippen LogP contribution in [0.1, 0.15) is 46.5 Å². The molecule has 110 valence electrons. The van der Waals surface area contributed by atoms with Gasteiger partial charge in [-0.15, -0.1) is 0 Å². The maximum Gasteiger partial charge on any atom is 0.227 e. The summed E-state index contributed by atoms with van der Waals surface area (Å²) in [6, 6.07) is 8.68. The van der Waals surface area contributed by atoms with Crippen molar-refractivity contribution in [3.8, 4) is 0 Å². The minimum Gasteiger partial charge on any atom is -0.369 e. The zero-order chi connectivity index (χ0) is 14.5. The first kappa shape index (κ1) is 14.9. The molecule has 1 aliphatic carbocycles. The largest absolute Gasteiger partial charge is 0.369 e. The van der Waals surface area contributed by atoms with Gasteiger partial charge in [-0.3, -0.25) is 4.79 Å². The average molecular weight is 274 g/mol. The van der Waals surface area contributed by atoms with Crippen LogP contribution in [0.2, 0.25) is 0 Å². The molecule has 0 saturated heterocycles. The Hall–Kier alpha value is -1.51. The molecule has 0 unspecified atom stereocenters. The molecule has 1 saturated carbocycles. The molecular weight excluding hydrogens is 248 g/mol. The molecule has 1 aliphatic rings. The lowest BCUT2D eigenvalue weighted by Crippen LogP contribution is -2.30. The Labute approximate surface area is 122 Å². The van der Waals surface area contributed by atoms with Crippen molar-refractivity contribution in [3.63, 3.8) is 0 Å². The van der Waals surface area contributed by atoms with Crippen molar-refractivity contribution >= 4 is 17.3 Å². The zero-order valence-electron chi connectivity index (χ0n) is 12.9. The number of carbonyl (C=O) groups excluding carboxylic acids is 1. The maximum absolute atomic E-state index is 12.1. The van der Waals surface area contributed by atoms with Crippen LogP contribution in [-0.2, 0) is 4.79 Å². The van der Waals surface area contributed by atoms with E-state index in [9.17, 15) is 4.79 Å². The third-order valence-corrected chi connectivity index (χ3v) is 4.16. The van der Waals surface area contributed by atoms with Gasteiger partial charge >= 0.3 is 0 Å². The second-order valence-electron chi connectivity index (χ2n) is 5.90. The Kier molecular flexibility index (Phi) is 5.05. The lowest BCUT2D eigenvalue weighted by atomic mass is 10.1. The third-order valence-electron chi connectivity index (χ3n) is 4.16. The van der Waals surface area contributed by atoms with E-state index in [1.165, 1.54) is 18.5 Å². The molecule has 0 bridgehead atoms. The smallest absolute Gasteiger partial charge is 0.227 e. The quantitative estimate of drug-likeness (QED) is 0.878. The van der Waals surface area contributed by atoms with E-state index >= 15 is 0 Å². The molecule has 1 N–H and O–H groups in total. The summed E-state index contributed by atoms with van der Waals surface area (Å²) >= 11 is 0. The number of carbonyl (C=O) groups is 1. The van der Waals surface area contributed by atoms with E-state index < -0.39 is 0 Å². The minimum absolute atomic E-state index is 0.187. The Morgan fingerprint density at radius 3 is 2.35 bits per heavy atom. The molecule has 3 heteroatoms. The van der Waals surface area contributed by atoms with Crippen LogP contribution in [0, 0.1) is 5.92 Å².